The Hall–Kier alpha value is -0.380. The second kappa shape index (κ2) is 4.74. The van der Waals surface area contributed by atoms with Crippen LogP contribution in [0.1, 0.15) is 20.8 Å². The van der Waals surface area contributed by atoms with Gasteiger partial charge in [0, 0.05) is 0 Å². The van der Waals surface area contributed by atoms with E-state index < -0.39 is 7.60 Å². The zero-order valence-corrected chi connectivity index (χ0v) is 8.99. The molecule has 13 heavy (non-hydrogen) atoms. The lowest BCUT2D eigenvalue weighted by Gasteiger charge is -2.19. The average molecular weight is 209 g/mol. The van der Waals surface area contributed by atoms with Crippen LogP contribution >= 0.6 is 7.60 Å². The van der Waals surface area contributed by atoms with Crippen LogP contribution in [0.4, 0.5) is 0 Å². The molecule has 0 aliphatic rings. The normalized spacial score (nSPS) is 17.5. The van der Waals surface area contributed by atoms with Crippen LogP contribution in [0, 0.1) is 5.41 Å². The number of oxime groups is 1. The van der Waals surface area contributed by atoms with E-state index in [0.717, 1.165) is 6.21 Å². The van der Waals surface area contributed by atoms with Gasteiger partial charge >= 0.3 is 7.60 Å². The summed E-state index contributed by atoms with van der Waals surface area (Å²) in [6.07, 6.45) is 0.684. The Morgan fingerprint density at radius 2 is 2.08 bits per heavy atom. The van der Waals surface area contributed by atoms with Crippen molar-refractivity contribution >= 4 is 13.8 Å². The van der Waals surface area contributed by atoms with E-state index in [-0.39, 0.29) is 18.2 Å². The molecule has 0 fully saturated rings. The van der Waals surface area contributed by atoms with E-state index in [1.165, 1.54) is 0 Å². The van der Waals surface area contributed by atoms with Crippen LogP contribution < -0.4 is 0 Å². The van der Waals surface area contributed by atoms with E-state index in [1.54, 1.807) is 0 Å². The van der Waals surface area contributed by atoms with Gasteiger partial charge in [0.1, 0.15) is 0 Å². The van der Waals surface area contributed by atoms with Gasteiger partial charge in [0.05, 0.1) is 19.0 Å². The molecule has 1 unspecified atom stereocenters. The summed E-state index contributed by atoms with van der Waals surface area (Å²) < 4.78 is 16.0. The zero-order valence-electron chi connectivity index (χ0n) is 8.10. The molecule has 2 N–H and O–H groups in total. The van der Waals surface area contributed by atoms with Crippen molar-refractivity contribution < 1.29 is 19.2 Å². The van der Waals surface area contributed by atoms with E-state index in [4.69, 9.17) is 14.6 Å². The molecular formula is C7H16NO4P. The van der Waals surface area contributed by atoms with Crippen LogP contribution in [0.25, 0.3) is 0 Å². The summed E-state index contributed by atoms with van der Waals surface area (Å²) in [7, 11) is -3.61. The van der Waals surface area contributed by atoms with Gasteiger partial charge in [-0.2, -0.15) is 0 Å². The standard InChI is InChI=1S/C7H16NO4P/c1-7(2,3)6-12-13(10,11)5-4-8-9/h4,9H,5-6H2,1-3H3,(H,10,11). The number of hydrogen-bond donors (Lipinski definition) is 2. The van der Waals surface area contributed by atoms with Crippen molar-refractivity contribution in [2.24, 2.45) is 10.6 Å². The first-order valence-corrected chi connectivity index (χ1v) is 5.65. The van der Waals surface area contributed by atoms with Crippen molar-refractivity contribution in [1.82, 2.24) is 0 Å². The number of rotatable bonds is 4. The lowest BCUT2D eigenvalue weighted by Crippen LogP contribution is -2.14. The molecule has 0 bridgehead atoms. The van der Waals surface area contributed by atoms with Gasteiger partial charge in [0.25, 0.3) is 0 Å². The predicted molar refractivity (Wildman–Crippen MR) is 50.4 cm³/mol. The molecule has 5 nitrogen and oxygen atoms in total. The third kappa shape index (κ3) is 7.96. The summed E-state index contributed by atoms with van der Waals surface area (Å²) in [5.41, 5.74) is -0.158. The fraction of sp³-hybridized carbons (Fsp3) is 0.857. The number of nitrogens with zero attached hydrogens (tertiary/aromatic N) is 1. The van der Waals surface area contributed by atoms with Gasteiger partial charge in [-0.1, -0.05) is 20.8 Å². The minimum atomic E-state index is -3.61. The van der Waals surface area contributed by atoms with Gasteiger partial charge in [-0.05, 0) is 5.41 Å². The van der Waals surface area contributed by atoms with Crippen LogP contribution in [0.3, 0.4) is 0 Å². The van der Waals surface area contributed by atoms with Crippen LogP contribution in [0.2, 0.25) is 0 Å². The Balaban J connectivity index is 3.97. The van der Waals surface area contributed by atoms with Crippen molar-refractivity contribution in [3.63, 3.8) is 0 Å². The minimum Gasteiger partial charge on any atom is -0.411 e. The van der Waals surface area contributed by atoms with Crippen molar-refractivity contribution in [2.45, 2.75) is 20.8 Å². The molecular weight excluding hydrogens is 193 g/mol. The van der Waals surface area contributed by atoms with Crippen LogP contribution in [-0.2, 0) is 9.09 Å². The molecule has 1 atom stereocenters. The highest BCUT2D eigenvalue weighted by Gasteiger charge is 2.21. The molecule has 6 heteroatoms. The minimum absolute atomic E-state index is 0.158. The second-order valence-electron chi connectivity index (χ2n) is 3.95. The Kier molecular flexibility index (Phi) is 4.61. The highest BCUT2D eigenvalue weighted by molar-refractivity contribution is 7.53. The van der Waals surface area contributed by atoms with Gasteiger partial charge in [-0.25, -0.2) is 0 Å². The van der Waals surface area contributed by atoms with Crippen LogP contribution in [0.15, 0.2) is 5.16 Å². The molecule has 0 rings (SSSR count). The molecule has 78 valence electrons. The summed E-state index contributed by atoms with van der Waals surface area (Å²) >= 11 is 0. The molecule has 0 amide bonds. The Labute approximate surface area is 77.9 Å². The first kappa shape index (κ1) is 12.6. The van der Waals surface area contributed by atoms with Crippen molar-refractivity contribution in [2.75, 3.05) is 12.8 Å². The molecule has 0 saturated carbocycles. The van der Waals surface area contributed by atoms with Crippen molar-refractivity contribution in [3.8, 4) is 0 Å². The summed E-state index contributed by atoms with van der Waals surface area (Å²) in [6.45, 7) is 5.88. The third-order valence-electron chi connectivity index (χ3n) is 1.09. The van der Waals surface area contributed by atoms with Crippen LogP contribution in [-0.4, -0.2) is 29.1 Å². The molecule has 0 aromatic heterocycles. The zero-order chi connectivity index (χ0) is 10.5. The topological polar surface area (TPSA) is 79.1 Å². The predicted octanol–water partition coefficient (Wildman–Crippen LogP) is 1.69. The highest BCUT2D eigenvalue weighted by Crippen LogP contribution is 2.42. The van der Waals surface area contributed by atoms with E-state index in [0.29, 0.717) is 0 Å². The quantitative estimate of drug-likeness (QED) is 0.319. The average Bonchev–Trinajstić information content (AvgIpc) is 1.97. The van der Waals surface area contributed by atoms with Gasteiger partial charge < -0.3 is 14.6 Å². The van der Waals surface area contributed by atoms with Crippen molar-refractivity contribution in [1.29, 1.82) is 0 Å². The fourth-order valence-electron chi connectivity index (χ4n) is 0.487. The first-order chi connectivity index (χ1) is 5.77. The Bertz CT molecular complexity index is 221. The maximum atomic E-state index is 11.2. The molecule has 0 saturated heterocycles. The van der Waals surface area contributed by atoms with Gasteiger partial charge in [-0.15, -0.1) is 5.16 Å². The highest BCUT2D eigenvalue weighted by atomic mass is 31.2. The lowest BCUT2D eigenvalue weighted by atomic mass is 9.99. The molecule has 0 heterocycles. The maximum Gasteiger partial charge on any atom is 0.333 e. The monoisotopic (exact) mass is 209 g/mol. The lowest BCUT2D eigenvalue weighted by molar-refractivity contribution is 0.176. The first-order valence-electron chi connectivity index (χ1n) is 3.89. The largest absolute Gasteiger partial charge is 0.411 e. The maximum absolute atomic E-state index is 11.2. The third-order valence-corrected chi connectivity index (χ3v) is 2.25. The second-order valence-corrected chi connectivity index (χ2v) is 5.85. The van der Waals surface area contributed by atoms with Crippen LogP contribution in [0.5, 0.6) is 0 Å². The summed E-state index contributed by atoms with van der Waals surface area (Å²) in [4.78, 5) is 9.14. The molecule has 0 radical (unpaired) electrons. The summed E-state index contributed by atoms with van der Waals surface area (Å²) in [5.74, 6) is 0. The number of hydrogen-bond acceptors (Lipinski definition) is 4. The molecule has 0 aromatic carbocycles. The smallest absolute Gasteiger partial charge is 0.333 e. The van der Waals surface area contributed by atoms with E-state index in [2.05, 4.69) is 5.16 Å². The summed E-state index contributed by atoms with van der Waals surface area (Å²) in [6, 6.07) is 0. The van der Waals surface area contributed by atoms with E-state index in [1.807, 2.05) is 20.8 Å². The Morgan fingerprint density at radius 1 is 1.54 bits per heavy atom. The SMILES string of the molecule is CC(C)(C)COP(=O)(O)CC=NO. The molecule has 0 spiro atoms. The molecule has 0 aliphatic heterocycles. The van der Waals surface area contributed by atoms with Gasteiger partial charge in [0.2, 0.25) is 0 Å². The Morgan fingerprint density at radius 3 is 2.46 bits per heavy atom. The van der Waals surface area contributed by atoms with Gasteiger partial charge in [-0.3, -0.25) is 4.57 Å². The molecule has 0 aliphatic carbocycles. The van der Waals surface area contributed by atoms with Gasteiger partial charge in [0.15, 0.2) is 0 Å². The summed E-state index contributed by atoms with van der Waals surface area (Å²) in [5, 5.41) is 10.7. The van der Waals surface area contributed by atoms with E-state index in [9.17, 15) is 4.57 Å². The fourth-order valence-corrected chi connectivity index (χ4v) is 1.46. The van der Waals surface area contributed by atoms with E-state index >= 15 is 0 Å². The van der Waals surface area contributed by atoms with Crippen molar-refractivity contribution in [3.05, 3.63) is 0 Å². The molecule has 0 aromatic rings.